The van der Waals surface area contributed by atoms with Crippen molar-refractivity contribution in [2.24, 2.45) is 0 Å². The van der Waals surface area contributed by atoms with Crippen molar-refractivity contribution in [1.82, 2.24) is 0 Å². The van der Waals surface area contributed by atoms with Gasteiger partial charge in [0.2, 0.25) is 0 Å². The van der Waals surface area contributed by atoms with E-state index in [-0.39, 0.29) is 6.42 Å². The quantitative estimate of drug-likeness (QED) is 0.317. The normalized spacial score (nSPS) is 38.4. The first kappa shape index (κ1) is 7.90. The van der Waals surface area contributed by atoms with Crippen LogP contribution in [0.25, 0.3) is 0 Å². The highest BCUT2D eigenvalue weighted by atomic mass is 16.8. The maximum atomic E-state index is 8.92. The lowest BCUT2D eigenvalue weighted by Crippen LogP contribution is -2.28. The van der Waals surface area contributed by atoms with E-state index in [0.29, 0.717) is 0 Å². The molecule has 4 N–H and O–H groups in total. The molecule has 0 aromatic carbocycles. The van der Waals surface area contributed by atoms with Crippen molar-refractivity contribution in [2.45, 2.75) is 24.6 Å². The molecule has 1 aliphatic heterocycles. The van der Waals surface area contributed by atoms with Gasteiger partial charge in [-0.3, -0.25) is 0 Å². The van der Waals surface area contributed by atoms with E-state index < -0.39 is 24.8 Å². The van der Waals surface area contributed by atoms with Crippen LogP contribution in [0.1, 0.15) is 6.42 Å². The van der Waals surface area contributed by atoms with Gasteiger partial charge < -0.3 is 25.2 Å². The number of hydrogen-bond acceptors (Lipinski definition) is 5. The summed E-state index contributed by atoms with van der Waals surface area (Å²) in [7, 11) is 0. The molecule has 5 nitrogen and oxygen atoms in total. The number of aliphatic hydroxyl groups excluding tert-OH is 2. The van der Waals surface area contributed by atoms with Crippen LogP contribution in [0.2, 0.25) is 0 Å². The lowest BCUT2D eigenvalue weighted by Gasteiger charge is -2.13. The van der Waals surface area contributed by atoms with Crippen LogP contribution in [-0.2, 0) is 4.74 Å². The molecule has 1 saturated heterocycles. The van der Waals surface area contributed by atoms with Crippen molar-refractivity contribution in [3.63, 3.8) is 0 Å². The minimum atomic E-state index is -2.27. The summed E-state index contributed by atoms with van der Waals surface area (Å²) in [6.07, 6.45) is -2.16. The zero-order valence-corrected chi connectivity index (χ0v) is 5.27. The maximum Gasteiger partial charge on any atom is 0.280 e. The van der Waals surface area contributed by atoms with E-state index in [1.54, 1.807) is 0 Å². The lowest BCUT2D eigenvalue weighted by molar-refractivity contribution is -0.327. The Bertz CT molecular complexity index is 123. The van der Waals surface area contributed by atoms with E-state index >= 15 is 0 Å². The Hall–Kier alpha value is -0.200. The van der Waals surface area contributed by atoms with Crippen molar-refractivity contribution in [2.75, 3.05) is 6.61 Å². The largest absolute Gasteiger partial charge is 0.394 e. The third-order valence-electron chi connectivity index (χ3n) is 1.42. The molecular weight excluding hydrogens is 140 g/mol. The van der Waals surface area contributed by atoms with Crippen LogP contribution in [-0.4, -0.2) is 45.2 Å². The molecule has 0 aliphatic carbocycles. The Morgan fingerprint density at radius 3 is 2.30 bits per heavy atom. The van der Waals surface area contributed by atoms with E-state index in [9.17, 15) is 0 Å². The van der Waals surface area contributed by atoms with Gasteiger partial charge in [-0.25, -0.2) is 0 Å². The number of rotatable bonds is 1. The highest BCUT2D eigenvalue weighted by Crippen LogP contribution is 2.25. The molecule has 1 aliphatic rings. The Morgan fingerprint density at radius 1 is 1.50 bits per heavy atom. The molecule has 0 amide bonds. The molecule has 1 heterocycles. The van der Waals surface area contributed by atoms with Gasteiger partial charge in [0.15, 0.2) is 0 Å². The minimum absolute atomic E-state index is 0.280. The third kappa shape index (κ3) is 1.44. The van der Waals surface area contributed by atoms with Crippen LogP contribution in [0.3, 0.4) is 0 Å². The molecule has 0 unspecified atom stereocenters. The molecular formula is C5H10O5. The van der Waals surface area contributed by atoms with Crippen LogP contribution in [0.15, 0.2) is 0 Å². The fourth-order valence-electron chi connectivity index (χ4n) is 0.932. The summed E-state index contributed by atoms with van der Waals surface area (Å²) >= 11 is 0. The van der Waals surface area contributed by atoms with Crippen LogP contribution < -0.4 is 0 Å². The SMILES string of the molecule is OC[C@H]1OC(O)(O)C[C@@H]1O. The standard InChI is InChI=1S/C5H10O5/c6-2-4-3(7)1-5(8,9)10-4/h3-4,6-9H,1-2H2/t3-,4+/m0/s1. The number of aliphatic hydroxyl groups is 4. The first-order valence-corrected chi connectivity index (χ1v) is 2.96. The van der Waals surface area contributed by atoms with Gasteiger partial charge in [-0.2, -0.15) is 0 Å². The molecule has 1 rings (SSSR count). The summed E-state index contributed by atoms with van der Waals surface area (Å²) in [5, 5.41) is 34.8. The van der Waals surface area contributed by atoms with Crippen LogP contribution in [0.4, 0.5) is 0 Å². The van der Waals surface area contributed by atoms with Gasteiger partial charge in [-0.05, 0) is 0 Å². The van der Waals surface area contributed by atoms with Crippen molar-refractivity contribution < 1.29 is 25.2 Å². The molecule has 10 heavy (non-hydrogen) atoms. The molecule has 5 heteroatoms. The Kier molecular flexibility index (Phi) is 1.93. The van der Waals surface area contributed by atoms with E-state index in [0.717, 1.165) is 0 Å². The fraction of sp³-hybridized carbons (Fsp3) is 1.00. The summed E-state index contributed by atoms with van der Waals surface area (Å²) in [5.74, 6) is -2.27. The molecule has 0 aromatic heterocycles. The fourth-order valence-corrected chi connectivity index (χ4v) is 0.932. The minimum Gasteiger partial charge on any atom is -0.394 e. The highest BCUT2D eigenvalue weighted by molar-refractivity contribution is 4.79. The smallest absolute Gasteiger partial charge is 0.280 e. The second kappa shape index (κ2) is 2.44. The summed E-state index contributed by atoms with van der Waals surface area (Å²) in [6.45, 7) is -0.413. The molecule has 0 saturated carbocycles. The van der Waals surface area contributed by atoms with Gasteiger partial charge in [0.1, 0.15) is 6.10 Å². The monoisotopic (exact) mass is 150 g/mol. The van der Waals surface area contributed by atoms with Gasteiger partial charge in [0.25, 0.3) is 5.97 Å². The zero-order chi connectivity index (χ0) is 7.78. The summed E-state index contributed by atoms with van der Waals surface area (Å²) in [5.41, 5.74) is 0. The average Bonchev–Trinajstić information content (AvgIpc) is 2.05. The average molecular weight is 150 g/mol. The van der Waals surface area contributed by atoms with Crippen molar-refractivity contribution in [3.05, 3.63) is 0 Å². The van der Waals surface area contributed by atoms with Gasteiger partial charge in [0.05, 0.1) is 19.1 Å². The van der Waals surface area contributed by atoms with Gasteiger partial charge in [-0.1, -0.05) is 0 Å². The highest BCUT2D eigenvalue weighted by Gasteiger charge is 2.42. The maximum absolute atomic E-state index is 8.92. The van der Waals surface area contributed by atoms with Crippen molar-refractivity contribution in [1.29, 1.82) is 0 Å². The van der Waals surface area contributed by atoms with Gasteiger partial charge >= 0.3 is 0 Å². The molecule has 60 valence electrons. The van der Waals surface area contributed by atoms with E-state index in [4.69, 9.17) is 20.4 Å². The van der Waals surface area contributed by atoms with Crippen LogP contribution in [0, 0.1) is 0 Å². The zero-order valence-electron chi connectivity index (χ0n) is 5.27. The predicted molar refractivity (Wildman–Crippen MR) is 29.8 cm³/mol. The molecule has 1 fully saturated rings. The molecule has 0 bridgehead atoms. The third-order valence-corrected chi connectivity index (χ3v) is 1.42. The van der Waals surface area contributed by atoms with Gasteiger partial charge in [-0.15, -0.1) is 0 Å². The lowest BCUT2D eigenvalue weighted by atomic mass is 10.2. The summed E-state index contributed by atoms with van der Waals surface area (Å²) in [4.78, 5) is 0. The first-order chi connectivity index (χ1) is 4.55. The number of hydrogen-bond donors (Lipinski definition) is 4. The Morgan fingerprint density at radius 2 is 2.10 bits per heavy atom. The van der Waals surface area contributed by atoms with Crippen molar-refractivity contribution >= 4 is 0 Å². The van der Waals surface area contributed by atoms with E-state index in [1.807, 2.05) is 0 Å². The van der Waals surface area contributed by atoms with Crippen LogP contribution in [0.5, 0.6) is 0 Å². The second-order valence-corrected chi connectivity index (χ2v) is 2.35. The predicted octanol–water partition coefficient (Wildman–Crippen LogP) is -2.23. The molecule has 0 spiro atoms. The second-order valence-electron chi connectivity index (χ2n) is 2.35. The van der Waals surface area contributed by atoms with Crippen LogP contribution >= 0.6 is 0 Å². The molecule has 0 radical (unpaired) electrons. The Balaban J connectivity index is 2.52. The first-order valence-electron chi connectivity index (χ1n) is 2.96. The Labute approximate surface area is 57.5 Å². The van der Waals surface area contributed by atoms with E-state index in [2.05, 4.69) is 4.74 Å². The van der Waals surface area contributed by atoms with E-state index in [1.165, 1.54) is 0 Å². The van der Waals surface area contributed by atoms with Crippen molar-refractivity contribution in [3.8, 4) is 0 Å². The van der Waals surface area contributed by atoms with Gasteiger partial charge in [0, 0.05) is 0 Å². The molecule has 2 atom stereocenters. The molecule has 0 aromatic rings. The number of ether oxygens (including phenoxy) is 1. The summed E-state index contributed by atoms with van der Waals surface area (Å²) < 4.78 is 4.42. The topological polar surface area (TPSA) is 90.2 Å². The summed E-state index contributed by atoms with van der Waals surface area (Å²) in [6, 6.07) is 0.